The van der Waals surface area contributed by atoms with Crippen LogP contribution in [0.1, 0.15) is 13.3 Å². The molecular formula is C9H16N2O3. The summed E-state index contributed by atoms with van der Waals surface area (Å²) in [6.45, 7) is 5.51. The number of rotatable bonds is 5. The van der Waals surface area contributed by atoms with E-state index in [4.69, 9.17) is 5.11 Å². The molecule has 0 aliphatic heterocycles. The van der Waals surface area contributed by atoms with Gasteiger partial charge in [0.05, 0.1) is 6.42 Å². The van der Waals surface area contributed by atoms with E-state index >= 15 is 0 Å². The van der Waals surface area contributed by atoms with E-state index in [1.54, 1.807) is 20.0 Å². The van der Waals surface area contributed by atoms with Crippen LogP contribution >= 0.6 is 0 Å². The molecule has 0 fully saturated rings. The predicted octanol–water partition coefficient (Wildman–Crippen LogP) is 0.677. The number of carboxylic acids is 1. The van der Waals surface area contributed by atoms with Crippen molar-refractivity contribution in [1.82, 2.24) is 10.2 Å². The number of aliphatic carboxylic acids is 1. The van der Waals surface area contributed by atoms with Gasteiger partial charge in [0.2, 0.25) is 0 Å². The second-order valence-electron chi connectivity index (χ2n) is 3.04. The third-order valence-electron chi connectivity index (χ3n) is 1.71. The van der Waals surface area contributed by atoms with Crippen molar-refractivity contribution in [2.75, 3.05) is 13.6 Å². The summed E-state index contributed by atoms with van der Waals surface area (Å²) in [6, 6.07) is -0.409. The molecule has 0 saturated carbocycles. The third kappa shape index (κ3) is 5.18. The number of nitrogens with one attached hydrogen (secondary N) is 1. The number of amides is 2. The van der Waals surface area contributed by atoms with Gasteiger partial charge < -0.3 is 15.3 Å². The van der Waals surface area contributed by atoms with Gasteiger partial charge in [-0.1, -0.05) is 6.08 Å². The van der Waals surface area contributed by atoms with Crippen LogP contribution in [0, 0.1) is 0 Å². The summed E-state index contributed by atoms with van der Waals surface area (Å²) in [4.78, 5) is 22.9. The lowest BCUT2D eigenvalue weighted by molar-refractivity contribution is -0.137. The van der Waals surface area contributed by atoms with Gasteiger partial charge >= 0.3 is 12.0 Å². The summed E-state index contributed by atoms with van der Waals surface area (Å²) in [5, 5.41) is 11.0. The van der Waals surface area contributed by atoms with Crippen LogP contribution in [0.3, 0.4) is 0 Å². The first-order chi connectivity index (χ1) is 6.47. The molecule has 0 aliphatic carbocycles. The van der Waals surface area contributed by atoms with E-state index in [2.05, 4.69) is 11.9 Å². The minimum atomic E-state index is -0.915. The fourth-order valence-corrected chi connectivity index (χ4v) is 0.729. The lowest BCUT2D eigenvalue weighted by Crippen LogP contribution is -2.41. The van der Waals surface area contributed by atoms with Gasteiger partial charge in [0, 0.05) is 19.6 Å². The Bertz CT molecular complexity index is 228. The molecule has 0 spiro atoms. The Morgan fingerprint density at radius 1 is 1.64 bits per heavy atom. The van der Waals surface area contributed by atoms with Crippen LogP contribution in [0.15, 0.2) is 12.7 Å². The Hall–Kier alpha value is -1.52. The first-order valence-electron chi connectivity index (χ1n) is 4.33. The Morgan fingerprint density at radius 2 is 2.21 bits per heavy atom. The molecule has 0 aromatic carbocycles. The number of hydrogen-bond donors (Lipinski definition) is 2. The van der Waals surface area contributed by atoms with Crippen LogP contribution in [0.2, 0.25) is 0 Å². The van der Waals surface area contributed by atoms with Gasteiger partial charge in [-0.05, 0) is 6.92 Å². The highest BCUT2D eigenvalue weighted by atomic mass is 16.4. The number of carbonyl (C=O) groups is 2. The molecule has 0 bridgehead atoms. The van der Waals surface area contributed by atoms with Gasteiger partial charge in [-0.3, -0.25) is 4.79 Å². The molecule has 1 atom stereocenters. The summed E-state index contributed by atoms with van der Waals surface area (Å²) in [5.74, 6) is -0.915. The molecule has 0 aromatic heterocycles. The van der Waals surface area contributed by atoms with Crippen molar-refractivity contribution in [2.24, 2.45) is 0 Å². The number of urea groups is 1. The molecule has 5 nitrogen and oxygen atoms in total. The number of nitrogens with zero attached hydrogens (tertiary/aromatic N) is 1. The first-order valence-corrected chi connectivity index (χ1v) is 4.33. The highest BCUT2D eigenvalue weighted by Gasteiger charge is 2.10. The van der Waals surface area contributed by atoms with Crippen molar-refractivity contribution in [2.45, 2.75) is 19.4 Å². The largest absolute Gasteiger partial charge is 0.481 e. The quantitative estimate of drug-likeness (QED) is 0.641. The zero-order valence-corrected chi connectivity index (χ0v) is 8.49. The van der Waals surface area contributed by atoms with E-state index in [-0.39, 0.29) is 25.0 Å². The monoisotopic (exact) mass is 200 g/mol. The number of carbonyl (C=O) groups excluding carboxylic acids is 1. The molecule has 0 aromatic rings. The van der Waals surface area contributed by atoms with Crippen molar-refractivity contribution in [3.8, 4) is 0 Å². The van der Waals surface area contributed by atoms with Gasteiger partial charge in [0.25, 0.3) is 0 Å². The smallest absolute Gasteiger partial charge is 0.317 e. The van der Waals surface area contributed by atoms with E-state index < -0.39 is 5.97 Å². The third-order valence-corrected chi connectivity index (χ3v) is 1.71. The first kappa shape index (κ1) is 12.5. The van der Waals surface area contributed by atoms with Crippen LogP contribution < -0.4 is 5.32 Å². The number of hydrogen-bond acceptors (Lipinski definition) is 2. The van der Waals surface area contributed by atoms with Crippen LogP contribution in [0.5, 0.6) is 0 Å². The van der Waals surface area contributed by atoms with Gasteiger partial charge in [-0.2, -0.15) is 0 Å². The maximum atomic E-state index is 11.3. The van der Waals surface area contributed by atoms with E-state index in [1.165, 1.54) is 4.90 Å². The maximum absolute atomic E-state index is 11.3. The predicted molar refractivity (Wildman–Crippen MR) is 53.1 cm³/mol. The van der Waals surface area contributed by atoms with Crippen LogP contribution in [0.25, 0.3) is 0 Å². The van der Waals surface area contributed by atoms with E-state index in [0.29, 0.717) is 0 Å². The molecule has 80 valence electrons. The summed E-state index contributed by atoms with van der Waals surface area (Å²) in [5.41, 5.74) is 0. The van der Waals surface area contributed by atoms with Gasteiger partial charge in [-0.15, -0.1) is 6.58 Å². The molecule has 0 saturated heterocycles. The molecule has 2 amide bonds. The van der Waals surface area contributed by atoms with Gasteiger partial charge in [0.1, 0.15) is 0 Å². The highest BCUT2D eigenvalue weighted by Crippen LogP contribution is 1.91. The fourth-order valence-electron chi connectivity index (χ4n) is 0.729. The van der Waals surface area contributed by atoms with Crippen molar-refractivity contribution in [1.29, 1.82) is 0 Å². The zero-order chi connectivity index (χ0) is 11.1. The maximum Gasteiger partial charge on any atom is 0.317 e. The second-order valence-corrected chi connectivity index (χ2v) is 3.04. The van der Waals surface area contributed by atoms with Crippen molar-refractivity contribution in [3.63, 3.8) is 0 Å². The highest BCUT2D eigenvalue weighted by molar-refractivity contribution is 5.75. The molecule has 1 unspecified atom stereocenters. The molecular weight excluding hydrogens is 184 g/mol. The molecule has 0 aliphatic rings. The lowest BCUT2D eigenvalue weighted by atomic mass is 10.3. The van der Waals surface area contributed by atoms with Crippen LogP contribution in [-0.2, 0) is 4.79 Å². The summed E-state index contributed by atoms with van der Waals surface area (Å²) < 4.78 is 0. The van der Waals surface area contributed by atoms with Crippen molar-refractivity contribution >= 4 is 12.0 Å². The fraction of sp³-hybridized carbons (Fsp3) is 0.556. The lowest BCUT2D eigenvalue weighted by Gasteiger charge is -2.18. The van der Waals surface area contributed by atoms with Gasteiger partial charge in [0.15, 0.2) is 0 Å². The summed E-state index contributed by atoms with van der Waals surface area (Å²) in [6.07, 6.45) is 1.55. The minimum absolute atomic E-state index is 0.0492. The second kappa shape index (κ2) is 6.01. The SMILES string of the molecule is C=CC(C)NC(=O)N(C)CCC(=O)O. The van der Waals surface area contributed by atoms with Crippen LogP contribution in [-0.4, -0.2) is 41.6 Å². The minimum Gasteiger partial charge on any atom is -0.481 e. The molecule has 0 heterocycles. The van der Waals surface area contributed by atoms with E-state index in [0.717, 1.165) is 0 Å². The Kier molecular flexibility index (Phi) is 5.36. The molecule has 5 heteroatoms. The number of carboxylic acid groups (broad SMARTS) is 1. The van der Waals surface area contributed by atoms with Crippen molar-refractivity contribution < 1.29 is 14.7 Å². The molecule has 0 rings (SSSR count). The van der Waals surface area contributed by atoms with Crippen LogP contribution in [0.4, 0.5) is 4.79 Å². The average Bonchev–Trinajstić information content (AvgIpc) is 2.13. The van der Waals surface area contributed by atoms with Gasteiger partial charge in [-0.25, -0.2) is 4.79 Å². The topological polar surface area (TPSA) is 69.6 Å². The molecule has 14 heavy (non-hydrogen) atoms. The average molecular weight is 200 g/mol. The Labute approximate surface area is 83.4 Å². The normalized spacial score (nSPS) is 11.6. The Balaban J connectivity index is 3.87. The summed E-state index contributed by atoms with van der Waals surface area (Å²) >= 11 is 0. The van der Waals surface area contributed by atoms with Crippen molar-refractivity contribution in [3.05, 3.63) is 12.7 Å². The Morgan fingerprint density at radius 3 is 2.64 bits per heavy atom. The van der Waals surface area contributed by atoms with E-state index in [9.17, 15) is 9.59 Å². The zero-order valence-electron chi connectivity index (χ0n) is 8.49. The molecule has 0 radical (unpaired) electrons. The van der Waals surface area contributed by atoms with E-state index in [1.807, 2.05) is 0 Å². The summed E-state index contributed by atoms with van der Waals surface area (Å²) in [7, 11) is 1.55. The standard InChI is InChI=1S/C9H16N2O3/c1-4-7(2)10-9(14)11(3)6-5-8(12)13/h4,7H,1,5-6H2,2-3H3,(H,10,14)(H,12,13). The molecule has 2 N–H and O–H groups in total.